The van der Waals surface area contributed by atoms with Crippen LogP contribution in [0.25, 0.3) is 0 Å². The van der Waals surface area contributed by atoms with Crippen molar-refractivity contribution in [2.45, 2.75) is 72.6 Å². The van der Waals surface area contributed by atoms with E-state index < -0.39 is 0 Å². The maximum Gasteiger partial charge on any atom is 0.122 e. The number of nitrogens with zero attached hydrogens (tertiary/aromatic N) is 1. The summed E-state index contributed by atoms with van der Waals surface area (Å²) in [6.07, 6.45) is 6.28. The molecule has 0 radical (unpaired) electrons. The van der Waals surface area contributed by atoms with Crippen molar-refractivity contribution in [2.75, 3.05) is 26.2 Å². The molecule has 0 N–H and O–H groups in total. The van der Waals surface area contributed by atoms with Crippen LogP contribution in [0, 0.1) is 6.92 Å². The molecule has 0 saturated carbocycles. The van der Waals surface area contributed by atoms with Gasteiger partial charge in [0, 0.05) is 6.54 Å². The average Bonchev–Trinajstić information content (AvgIpc) is 2.53. The Bertz CT molecular complexity index is 420. The SMILES string of the molecule is CCCCN(CCCC)CCCOc1cc(C)ccc1C(C)C. The first kappa shape index (κ1) is 20.0. The van der Waals surface area contributed by atoms with E-state index in [1.165, 1.54) is 49.9 Å². The van der Waals surface area contributed by atoms with E-state index in [9.17, 15) is 0 Å². The van der Waals surface area contributed by atoms with E-state index in [4.69, 9.17) is 4.74 Å². The molecule has 0 aliphatic carbocycles. The third-order valence-corrected chi connectivity index (χ3v) is 4.32. The molecule has 0 atom stereocenters. The summed E-state index contributed by atoms with van der Waals surface area (Å²) in [5.74, 6) is 1.59. The first-order valence-electron chi connectivity index (χ1n) is 9.54. The Morgan fingerprint density at radius 3 is 2.13 bits per heavy atom. The molecule has 0 saturated heterocycles. The van der Waals surface area contributed by atoms with Crippen LogP contribution in [0.2, 0.25) is 0 Å². The number of aryl methyl sites for hydroxylation is 1. The van der Waals surface area contributed by atoms with Crippen LogP contribution in [-0.4, -0.2) is 31.1 Å². The lowest BCUT2D eigenvalue weighted by molar-refractivity contribution is 0.228. The topological polar surface area (TPSA) is 12.5 Å². The molecule has 23 heavy (non-hydrogen) atoms. The summed E-state index contributed by atoms with van der Waals surface area (Å²) in [4.78, 5) is 2.61. The molecule has 0 aliphatic rings. The molecule has 0 heterocycles. The predicted octanol–water partition coefficient (Wildman–Crippen LogP) is 5.79. The molecule has 0 bridgehead atoms. The summed E-state index contributed by atoms with van der Waals surface area (Å²) < 4.78 is 6.11. The smallest absolute Gasteiger partial charge is 0.122 e. The van der Waals surface area contributed by atoms with Crippen molar-refractivity contribution in [3.05, 3.63) is 29.3 Å². The van der Waals surface area contributed by atoms with Crippen LogP contribution in [-0.2, 0) is 0 Å². The Kier molecular flexibility index (Phi) is 10.0. The molecular formula is C21H37NO. The van der Waals surface area contributed by atoms with Gasteiger partial charge in [-0.15, -0.1) is 0 Å². The Labute approximate surface area is 144 Å². The van der Waals surface area contributed by atoms with Gasteiger partial charge in [0.05, 0.1) is 6.61 Å². The lowest BCUT2D eigenvalue weighted by Crippen LogP contribution is -2.28. The second-order valence-electron chi connectivity index (χ2n) is 6.95. The summed E-state index contributed by atoms with van der Waals surface area (Å²) in [6.45, 7) is 15.6. The molecule has 1 rings (SSSR count). The number of rotatable bonds is 12. The normalized spacial score (nSPS) is 11.4. The van der Waals surface area contributed by atoms with E-state index in [1.54, 1.807) is 0 Å². The summed E-state index contributed by atoms with van der Waals surface area (Å²) in [6, 6.07) is 6.57. The Hall–Kier alpha value is -1.02. The largest absolute Gasteiger partial charge is 0.493 e. The quantitative estimate of drug-likeness (QED) is 0.452. The van der Waals surface area contributed by atoms with Crippen molar-refractivity contribution in [3.63, 3.8) is 0 Å². The van der Waals surface area contributed by atoms with Gasteiger partial charge < -0.3 is 9.64 Å². The fourth-order valence-electron chi connectivity index (χ4n) is 2.81. The van der Waals surface area contributed by atoms with Crippen molar-refractivity contribution in [2.24, 2.45) is 0 Å². The molecule has 1 aromatic rings. The van der Waals surface area contributed by atoms with E-state index in [0.717, 1.165) is 25.3 Å². The Morgan fingerprint density at radius 2 is 1.57 bits per heavy atom. The number of hydrogen-bond donors (Lipinski definition) is 0. The highest BCUT2D eigenvalue weighted by Gasteiger charge is 2.09. The highest BCUT2D eigenvalue weighted by Crippen LogP contribution is 2.27. The van der Waals surface area contributed by atoms with Crippen molar-refractivity contribution in [1.29, 1.82) is 0 Å². The van der Waals surface area contributed by atoms with Gasteiger partial charge >= 0.3 is 0 Å². The molecule has 0 aliphatic heterocycles. The molecule has 2 nitrogen and oxygen atoms in total. The van der Waals surface area contributed by atoms with Gasteiger partial charge in [-0.1, -0.05) is 52.7 Å². The van der Waals surface area contributed by atoms with Crippen LogP contribution < -0.4 is 4.74 Å². The second kappa shape index (κ2) is 11.5. The zero-order valence-electron chi connectivity index (χ0n) is 16.0. The van der Waals surface area contributed by atoms with Gasteiger partial charge in [0.15, 0.2) is 0 Å². The van der Waals surface area contributed by atoms with E-state index in [2.05, 4.69) is 57.7 Å². The summed E-state index contributed by atoms with van der Waals surface area (Å²) in [5, 5.41) is 0. The van der Waals surface area contributed by atoms with Crippen molar-refractivity contribution >= 4 is 0 Å². The van der Waals surface area contributed by atoms with Gasteiger partial charge in [0.2, 0.25) is 0 Å². The van der Waals surface area contributed by atoms with E-state index in [-0.39, 0.29) is 0 Å². The van der Waals surface area contributed by atoms with Crippen LogP contribution >= 0.6 is 0 Å². The van der Waals surface area contributed by atoms with Crippen molar-refractivity contribution in [1.82, 2.24) is 4.90 Å². The molecule has 0 amide bonds. The molecule has 0 aromatic heterocycles. The van der Waals surface area contributed by atoms with Crippen molar-refractivity contribution < 1.29 is 4.74 Å². The van der Waals surface area contributed by atoms with E-state index in [1.807, 2.05) is 0 Å². The highest BCUT2D eigenvalue weighted by molar-refractivity contribution is 5.39. The fraction of sp³-hybridized carbons (Fsp3) is 0.714. The molecular weight excluding hydrogens is 282 g/mol. The highest BCUT2D eigenvalue weighted by atomic mass is 16.5. The molecule has 0 spiro atoms. The Balaban J connectivity index is 2.44. The van der Waals surface area contributed by atoms with Gasteiger partial charge in [-0.05, 0) is 62.4 Å². The van der Waals surface area contributed by atoms with Gasteiger partial charge in [0.25, 0.3) is 0 Å². The maximum atomic E-state index is 6.11. The molecule has 0 fully saturated rings. The number of hydrogen-bond acceptors (Lipinski definition) is 2. The molecule has 1 aromatic carbocycles. The lowest BCUT2D eigenvalue weighted by Gasteiger charge is -2.22. The van der Waals surface area contributed by atoms with Gasteiger partial charge in [-0.25, -0.2) is 0 Å². The Morgan fingerprint density at radius 1 is 0.957 bits per heavy atom. The molecule has 132 valence electrons. The third kappa shape index (κ3) is 7.87. The first-order valence-corrected chi connectivity index (χ1v) is 9.54. The minimum absolute atomic E-state index is 0.510. The van der Waals surface area contributed by atoms with Crippen LogP contribution in [0.5, 0.6) is 5.75 Å². The molecule has 2 heteroatoms. The van der Waals surface area contributed by atoms with Crippen LogP contribution in [0.1, 0.15) is 76.8 Å². The van der Waals surface area contributed by atoms with E-state index >= 15 is 0 Å². The van der Waals surface area contributed by atoms with E-state index in [0.29, 0.717) is 5.92 Å². The summed E-state index contributed by atoms with van der Waals surface area (Å²) >= 11 is 0. The minimum Gasteiger partial charge on any atom is -0.493 e. The standard InChI is InChI=1S/C21H37NO/c1-6-8-13-22(14-9-7-2)15-10-16-23-21-17-19(5)11-12-20(21)18(3)4/h11-12,17-18H,6-10,13-16H2,1-5H3. The van der Waals surface area contributed by atoms with Crippen molar-refractivity contribution in [3.8, 4) is 5.75 Å². The first-order chi connectivity index (χ1) is 11.1. The summed E-state index contributed by atoms with van der Waals surface area (Å²) in [7, 11) is 0. The van der Waals surface area contributed by atoms with Gasteiger partial charge in [-0.2, -0.15) is 0 Å². The second-order valence-corrected chi connectivity index (χ2v) is 6.95. The average molecular weight is 320 g/mol. The van der Waals surface area contributed by atoms with Gasteiger partial charge in [0.1, 0.15) is 5.75 Å². The zero-order chi connectivity index (χ0) is 17.1. The monoisotopic (exact) mass is 319 g/mol. The lowest BCUT2D eigenvalue weighted by atomic mass is 10.0. The summed E-state index contributed by atoms with van der Waals surface area (Å²) in [5.41, 5.74) is 2.60. The number of ether oxygens (including phenoxy) is 1. The third-order valence-electron chi connectivity index (χ3n) is 4.32. The maximum absolute atomic E-state index is 6.11. The minimum atomic E-state index is 0.510. The molecule has 0 unspecified atom stereocenters. The van der Waals surface area contributed by atoms with Crippen LogP contribution in [0.15, 0.2) is 18.2 Å². The zero-order valence-corrected chi connectivity index (χ0v) is 16.0. The predicted molar refractivity (Wildman–Crippen MR) is 102 cm³/mol. The fourth-order valence-corrected chi connectivity index (χ4v) is 2.81. The van der Waals surface area contributed by atoms with Gasteiger partial charge in [-0.3, -0.25) is 0 Å². The number of unbranched alkanes of at least 4 members (excludes halogenated alkanes) is 2. The van der Waals surface area contributed by atoms with Crippen LogP contribution in [0.4, 0.5) is 0 Å². The number of benzene rings is 1. The van der Waals surface area contributed by atoms with Crippen LogP contribution in [0.3, 0.4) is 0 Å².